The lowest BCUT2D eigenvalue weighted by Crippen LogP contribution is -2.16. The fourth-order valence-corrected chi connectivity index (χ4v) is 1.43. The molecule has 2 rings (SSSR count). The molecule has 0 unspecified atom stereocenters. The van der Waals surface area contributed by atoms with Crippen LogP contribution < -0.4 is 15.5 Å². The van der Waals surface area contributed by atoms with Gasteiger partial charge in [0.2, 0.25) is 17.8 Å². The van der Waals surface area contributed by atoms with Gasteiger partial charge in [0.1, 0.15) is 0 Å². The molecule has 0 aliphatic heterocycles. The summed E-state index contributed by atoms with van der Waals surface area (Å²) in [6, 6.07) is 5.78. The predicted octanol–water partition coefficient (Wildman–Crippen LogP) is 0.986. The molecular formula is C12H17N7. The van der Waals surface area contributed by atoms with Gasteiger partial charge in [-0.1, -0.05) is 6.07 Å². The van der Waals surface area contributed by atoms with E-state index in [0.29, 0.717) is 24.4 Å². The third-order valence-corrected chi connectivity index (χ3v) is 2.40. The minimum absolute atomic E-state index is 0.522. The van der Waals surface area contributed by atoms with E-state index in [1.807, 2.05) is 37.2 Å². The molecule has 100 valence electrons. The van der Waals surface area contributed by atoms with Crippen molar-refractivity contribution in [3.63, 3.8) is 0 Å². The van der Waals surface area contributed by atoms with Crippen LogP contribution in [-0.4, -0.2) is 41.1 Å². The Morgan fingerprint density at radius 1 is 1.11 bits per heavy atom. The zero-order valence-electron chi connectivity index (χ0n) is 11.3. The highest BCUT2D eigenvalue weighted by Gasteiger charge is 2.06. The van der Waals surface area contributed by atoms with Crippen LogP contribution in [0.5, 0.6) is 0 Å². The first-order chi connectivity index (χ1) is 9.19. The van der Waals surface area contributed by atoms with E-state index in [9.17, 15) is 0 Å². The molecule has 0 atom stereocenters. The van der Waals surface area contributed by atoms with Gasteiger partial charge in [-0.15, -0.1) is 0 Å². The summed E-state index contributed by atoms with van der Waals surface area (Å²) in [4.78, 5) is 18.9. The molecule has 0 aliphatic carbocycles. The van der Waals surface area contributed by atoms with Crippen LogP contribution >= 0.6 is 0 Å². The summed E-state index contributed by atoms with van der Waals surface area (Å²) in [6.45, 7) is 0.570. The number of hydrogen-bond acceptors (Lipinski definition) is 7. The molecule has 0 aromatic carbocycles. The van der Waals surface area contributed by atoms with Crippen molar-refractivity contribution in [1.82, 2.24) is 19.9 Å². The second kappa shape index (κ2) is 5.94. The summed E-state index contributed by atoms with van der Waals surface area (Å²) in [6.07, 6.45) is 1.76. The number of rotatable bonds is 5. The standard InChI is InChI=1S/C12H17N7/c1-13-10-16-11(18-12(17-10)19(2)3)15-8-9-6-4-5-7-14-9/h4-7H,8H2,1-3H3,(H2,13,15,16,17,18). The van der Waals surface area contributed by atoms with E-state index >= 15 is 0 Å². The molecule has 0 amide bonds. The normalized spacial score (nSPS) is 10.1. The lowest BCUT2D eigenvalue weighted by molar-refractivity contribution is 0.935. The molecule has 0 spiro atoms. The minimum atomic E-state index is 0.522. The average Bonchev–Trinajstić information content (AvgIpc) is 2.45. The van der Waals surface area contributed by atoms with E-state index in [1.54, 1.807) is 13.2 Å². The van der Waals surface area contributed by atoms with E-state index in [-0.39, 0.29) is 0 Å². The number of nitrogens with one attached hydrogen (secondary N) is 2. The van der Waals surface area contributed by atoms with E-state index in [1.165, 1.54) is 0 Å². The number of hydrogen-bond donors (Lipinski definition) is 2. The van der Waals surface area contributed by atoms with Crippen LogP contribution in [0.25, 0.3) is 0 Å². The second-order valence-corrected chi connectivity index (χ2v) is 4.10. The summed E-state index contributed by atoms with van der Waals surface area (Å²) in [5, 5.41) is 6.06. The van der Waals surface area contributed by atoms with Crippen molar-refractivity contribution in [2.45, 2.75) is 6.54 Å². The van der Waals surface area contributed by atoms with Crippen molar-refractivity contribution in [1.29, 1.82) is 0 Å². The smallest absolute Gasteiger partial charge is 0.231 e. The number of anilines is 3. The lowest BCUT2D eigenvalue weighted by atomic mass is 10.3. The van der Waals surface area contributed by atoms with Gasteiger partial charge in [-0.05, 0) is 12.1 Å². The van der Waals surface area contributed by atoms with Crippen LogP contribution in [0.2, 0.25) is 0 Å². The highest BCUT2D eigenvalue weighted by Crippen LogP contribution is 2.11. The maximum atomic E-state index is 4.32. The van der Waals surface area contributed by atoms with E-state index < -0.39 is 0 Å². The van der Waals surface area contributed by atoms with Gasteiger partial charge in [0, 0.05) is 27.3 Å². The molecule has 7 heteroatoms. The van der Waals surface area contributed by atoms with E-state index in [4.69, 9.17) is 0 Å². The molecule has 2 N–H and O–H groups in total. The third-order valence-electron chi connectivity index (χ3n) is 2.40. The molecule has 2 heterocycles. The van der Waals surface area contributed by atoms with Gasteiger partial charge in [-0.25, -0.2) is 0 Å². The highest BCUT2D eigenvalue weighted by molar-refractivity contribution is 5.42. The second-order valence-electron chi connectivity index (χ2n) is 4.10. The summed E-state index contributed by atoms with van der Waals surface area (Å²) < 4.78 is 0. The molecule has 0 radical (unpaired) electrons. The number of pyridine rings is 1. The topological polar surface area (TPSA) is 78.9 Å². The molecule has 2 aromatic rings. The third kappa shape index (κ3) is 3.51. The summed E-state index contributed by atoms with van der Waals surface area (Å²) >= 11 is 0. The van der Waals surface area contributed by atoms with Crippen molar-refractivity contribution < 1.29 is 0 Å². The molecule has 0 saturated heterocycles. The molecule has 19 heavy (non-hydrogen) atoms. The largest absolute Gasteiger partial charge is 0.357 e. The van der Waals surface area contributed by atoms with Gasteiger partial charge >= 0.3 is 0 Å². The minimum Gasteiger partial charge on any atom is -0.357 e. The van der Waals surface area contributed by atoms with Crippen LogP contribution in [0.4, 0.5) is 17.8 Å². The average molecular weight is 259 g/mol. The van der Waals surface area contributed by atoms with Crippen LogP contribution in [0, 0.1) is 0 Å². The van der Waals surface area contributed by atoms with Crippen molar-refractivity contribution in [2.24, 2.45) is 0 Å². The Labute approximate surface area is 112 Å². The zero-order valence-corrected chi connectivity index (χ0v) is 11.3. The van der Waals surface area contributed by atoms with Crippen LogP contribution in [0.1, 0.15) is 5.69 Å². The van der Waals surface area contributed by atoms with Crippen LogP contribution in [0.15, 0.2) is 24.4 Å². The van der Waals surface area contributed by atoms with Crippen LogP contribution in [-0.2, 0) is 6.54 Å². The highest BCUT2D eigenvalue weighted by atomic mass is 15.3. The Balaban J connectivity index is 2.13. The van der Waals surface area contributed by atoms with Crippen molar-refractivity contribution in [3.05, 3.63) is 30.1 Å². The molecule has 7 nitrogen and oxygen atoms in total. The molecule has 0 fully saturated rings. The Morgan fingerprint density at radius 3 is 2.53 bits per heavy atom. The SMILES string of the molecule is CNc1nc(NCc2ccccn2)nc(N(C)C)n1. The Morgan fingerprint density at radius 2 is 1.89 bits per heavy atom. The number of nitrogens with zero attached hydrogens (tertiary/aromatic N) is 5. The molecular weight excluding hydrogens is 242 g/mol. The Bertz CT molecular complexity index is 527. The molecule has 2 aromatic heterocycles. The Hall–Kier alpha value is -2.44. The van der Waals surface area contributed by atoms with Crippen molar-refractivity contribution in [3.8, 4) is 0 Å². The summed E-state index contributed by atoms with van der Waals surface area (Å²) in [5.74, 6) is 1.65. The Kier molecular flexibility index (Phi) is 4.07. The fourth-order valence-electron chi connectivity index (χ4n) is 1.43. The van der Waals surface area contributed by atoms with Gasteiger partial charge in [0.05, 0.1) is 12.2 Å². The first-order valence-corrected chi connectivity index (χ1v) is 5.94. The van der Waals surface area contributed by atoms with Gasteiger partial charge in [0.15, 0.2) is 0 Å². The maximum absolute atomic E-state index is 4.32. The quantitative estimate of drug-likeness (QED) is 0.828. The van der Waals surface area contributed by atoms with Gasteiger partial charge in [-0.2, -0.15) is 15.0 Å². The van der Waals surface area contributed by atoms with Gasteiger partial charge in [0.25, 0.3) is 0 Å². The lowest BCUT2D eigenvalue weighted by Gasteiger charge is -2.13. The van der Waals surface area contributed by atoms with Crippen molar-refractivity contribution in [2.75, 3.05) is 36.7 Å². The first kappa shape index (κ1) is 13.0. The van der Waals surface area contributed by atoms with Gasteiger partial charge < -0.3 is 15.5 Å². The molecule has 0 bridgehead atoms. The van der Waals surface area contributed by atoms with Crippen LogP contribution in [0.3, 0.4) is 0 Å². The fraction of sp³-hybridized carbons (Fsp3) is 0.333. The molecule has 0 aliphatic rings. The predicted molar refractivity (Wildman–Crippen MR) is 75.3 cm³/mol. The van der Waals surface area contributed by atoms with E-state index in [0.717, 1.165) is 5.69 Å². The first-order valence-electron chi connectivity index (χ1n) is 5.94. The number of aromatic nitrogens is 4. The van der Waals surface area contributed by atoms with E-state index in [2.05, 4.69) is 30.6 Å². The zero-order chi connectivity index (χ0) is 13.7. The maximum Gasteiger partial charge on any atom is 0.231 e. The summed E-state index contributed by atoms with van der Waals surface area (Å²) in [7, 11) is 5.55. The molecule has 0 saturated carbocycles. The van der Waals surface area contributed by atoms with Gasteiger partial charge in [-0.3, -0.25) is 4.98 Å². The summed E-state index contributed by atoms with van der Waals surface area (Å²) in [5.41, 5.74) is 0.931. The van der Waals surface area contributed by atoms with Crippen molar-refractivity contribution >= 4 is 17.8 Å². The monoisotopic (exact) mass is 259 g/mol.